The van der Waals surface area contributed by atoms with Gasteiger partial charge in [-0.05, 0) is 23.6 Å². The van der Waals surface area contributed by atoms with E-state index in [9.17, 15) is 0 Å². The summed E-state index contributed by atoms with van der Waals surface area (Å²) < 4.78 is 10.9. The Bertz CT molecular complexity index is 685. The van der Waals surface area contributed by atoms with E-state index in [1.807, 2.05) is 18.2 Å². The van der Waals surface area contributed by atoms with Gasteiger partial charge in [-0.3, -0.25) is 9.89 Å². The van der Waals surface area contributed by atoms with E-state index in [0.29, 0.717) is 13.1 Å². The molecule has 0 saturated carbocycles. The molecular formula is C20H29IN4O2S. The van der Waals surface area contributed by atoms with Crippen LogP contribution in [0.2, 0.25) is 0 Å². The minimum absolute atomic E-state index is 0. The Labute approximate surface area is 188 Å². The molecule has 28 heavy (non-hydrogen) atoms. The summed E-state index contributed by atoms with van der Waals surface area (Å²) in [7, 11) is 0. The van der Waals surface area contributed by atoms with Crippen molar-refractivity contribution >= 4 is 41.3 Å². The number of hydrogen-bond donors (Lipinski definition) is 2. The van der Waals surface area contributed by atoms with E-state index in [1.54, 1.807) is 17.6 Å². The molecule has 0 amide bonds. The SMILES string of the molecule is C=CCNC(=NCC(c1cccs1)N1CCOCC1)NCCc1ccco1.I. The largest absolute Gasteiger partial charge is 0.469 e. The maximum atomic E-state index is 5.52. The van der Waals surface area contributed by atoms with E-state index >= 15 is 0 Å². The Balaban J connectivity index is 0.00000280. The summed E-state index contributed by atoms with van der Waals surface area (Å²) in [5, 5.41) is 8.82. The van der Waals surface area contributed by atoms with Crippen LogP contribution in [-0.4, -0.2) is 56.8 Å². The van der Waals surface area contributed by atoms with Gasteiger partial charge in [0.15, 0.2) is 5.96 Å². The fourth-order valence-electron chi connectivity index (χ4n) is 3.04. The fraction of sp³-hybridized carbons (Fsp3) is 0.450. The minimum Gasteiger partial charge on any atom is -0.469 e. The highest BCUT2D eigenvalue weighted by Crippen LogP contribution is 2.26. The number of nitrogens with one attached hydrogen (secondary N) is 2. The molecule has 0 radical (unpaired) electrons. The molecule has 1 aliphatic heterocycles. The number of ether oxygens (including phenoxy) is 1. The minimum atomic E-state index is 0. The number of hydrogen-bond acceptors (Lipinski definition) is 5. The van der Waals surface area contributed by atoms with E-state index in [4.69, 9.17) is 14.1 Å². The second-order valence-corrected chi connectivity index (χ2v) is 7.27. The van der Waals surface area contributed by atoms with Crippen molar-refractivity contribution in [2.75, 3.05) is 45.9 Å². The lowest BCUT2D eigenvalue weighted by Crippen LogP contribution is -2.42. The van der Waals surface area contributed by atoms with Gasteiger partial charge >= 0.3 is 0 Å². The van der Waals surface area contributed by atoms with Crippen molar-refractivity contribution in [2.24, 2.45) is 4.99 Å². The molecule has 0 aromatic carbocycles. The molecule has 2 aromatic rings. The Morgan fingerprint density at radius 3 is 2.82 bits per heavy atom. The van der Waals surface area contributed by atoms with Crippen LogP contribution < -0.4 is 10.6 Å². The summed E-state index contributed by atoms with van der Waals surface area (Å²) in [5.74, 6) is 1.77. The number of thiophene rings is 1. The van der Waals surface area contributed by atoms with Crippen LogP contribution in [0.4, 0.5) is 0 Å². The van der Waals surface area contributed by atoms with Gasteiger partial charge in [0.1, 0.15) is 5.76 Å². The van der Waals surface area contributed by atoms with Gasteiger partial charge in [-0.25, -0.2) is 0 Å². The van der Waals surface area contributed by atoms with Crippen LogP contribution in [0.5, 0.6) is 0 Å². The van der Waals surface area contributed by atoms with Gasteiger partial charge in [-0.15, -0.1) is 41.9 Å². The number of guanidine groups is 1. The van der Waals surface area contributed by atoms with Crippen LogP contribution in [-0.2, 0) is 11.2 Å². The van der Waals surface area contributed by atoms with Crippen molar-refractivity contribution in [1.29, 1.82) is 0 Å². The van der Waals surface area contributed by atoms with Gasteiger partial charge in [0, 0.05) is 37.5 Å². The molecule has 2 N–H and O–H groups in total. The first-order valence-electron chi connectivity index (χ1n) is 9.37. The Morgan fingerprint density at radius 2 is 2.14 bits per heavy atom. The van der Waals surface area contributed by atoms with Gasteiger partial charge in [-0.2, -0.15) is 0 Å². The first kappa shape index (κ1) is 22.9. The summed E-state index contributed by atoms with van der Waals surface area (Å²) in [5.41, 5.74) is 0. The van der Waals surface area contributed by atoms with Gasteiger partial charge in [0.05, 0.1) is 32.1 Å². The molecule has 3 rings (SSSR count). The number of furan rings is 1. The van der Waals surface area contributed by atoms with Crippen LogP contribution in [0.25, 0.3) is 0 Å². The Kier molecular flexibility index (Phi) is 10.6. The van der Waals surface area contributed by atoms with Crippen molar-refractivity contribution in [2.45, 2.75) is 12.5 Å². The predicted octanol–water partition coefficient (Wildman–Crippen LogP) is 3.30. The molecule has 0 bridgehead atoms. The summed E-state index contributed by atoms with van der Waals surface area (Å²) in [6.45, 7) is 9.38. The van der Waals surface area contributed by atoms with Crippen LogP contribution in [0.15, 0.2) is 58.0 Å². The van der Waals surface area contributed by atoms with E-state index < -0.39 is 0 Å². The molecule has 154 valence electrons. The Morgan fingerprint density at radius 1 is 1.29 bits per heavy atom. The molecule has 1 unspecified atom stereocenters. The molecule has 1 atom stereocenters. The molecule has 6 nitrogen and oxygen atoms in total. The molecular weight excluding hydrogens is 487 g/mol. The highest BCUT2D eigenvalue weighted by molar-refractivity contribution is 14.0. The van der Waals surface area contributed by atoms with E-state index in [-0.39, 0.29) is 30.0 Å². The van der Waals surface area contributed by atoms with Crippen LogP contribution in [0.1, 0.15) is 16.7 Å². The van der Waals surface area contributed by atoms with Crippen molar-refractivity contribution in [3.8, 4) is 0 Å². The van der Waals surface area contributed by atoms with E-state index in [0.717, 1.165) is 51.0 Å². The first-order valence-corrected chi connectivity index (χ1v) is 10.3. The lowest BCUT2D eigenvalue weighted by atomic mass is 10.2. The molecule has 1 fully saturated rings. The molecule has 8 heteroatoms. The highest BCUT2D eigenvalue weighted by Gasteiger charge is 2.23. The van der Waals surface area contributed by atoms with E-state index in [1.165, 1.54) is 4.88 Å². The van der Waals surface area contributed by atoms with Gasteiger partial charge in [-0.1, -0.05) is 12.1 Å². The molecule has 0 spiro atoms. The number of halogens is 1. The topological polar surface area (TPSA) is 62.0 Å². The zero-order chi connectivity index (χ0) is 18.7. The average molecular weight is 516 g/mol. The molecule has 3 heterocycles. The molecule has 2 aromatic heterocycles. The summed E-state index contributed by atoms with van der Waals surface area (Å²) in [4.78, 5) is 8.66. The number of rotatable bonds is 9. The highest BCUT2D eigenvalue weighted by atomic mass is 127. The second kappa shape index (κ2) is 13.0. The van der Waals surface area contributed by atoms with E-state index in [2.05, 4.69) is 39.6 Å². The monoisotopic (exact) mass is 516 g/mol. The third-order valence-electron chi connectivity index (χ3n) is 4.44. The molecule has 1 saturated heterocycles. The average Bonchev–Trinajstić information content (AvgIpc) is 3.41. The number of morpholine rings is 1. The fourth-order valence-corrected chi connectivity index (χ4v) is 3.89. The van der Waals surface area contributed by atoms with Crippen molar-refractivity contribution in [3.63, 3.8) is 0 Å². The van der Waals surface area contributed by atoms with Crippen molar-refractivity contribution in [3.05, 3.63) is 59.2 Å². The summed E-state index contributed by atoms with van der Waals surface area (Å²) in [6, 6.07) is 8.48. The van der Waals surface area contributed by atoms with Crippen molar-refractivity contribution in [1.82, 2.24) is 15.5 Å². The predicted molar refractivity (Wildman–Crippen MR) is 126 cm³/mol. The molecule has 1 aliphatic rings. The van der Waals surface area contributed by atoms with Gasteiger partial charge < -0.3 is 19.8 Å². The maximum absolute atomic E-state index is 5.52. The third kappa shape index (κ3) is 7.23. The van der Waals surface area contributed by atoms with Crippen LogP contribution >= 0.6 is 35.3 Å². The number of aliphatic imine (C=N–C) groups is 1. The lowest BCUT2D eigenvalue weighted by Gasteiger charge is -2.33. The quantitative estimate of drug-likeness (QED) is 0.232. The molecule has 0 aliphatic carbocycles. The van der Waals surface area contributed by atoms with Crippen LogP contribution in [0, 0.1) is 0 Å². The third-order valence-corrected chi connectivity index (χ3v) is 5.41. The smallest absolute Gasteiger partial charge is 0.191 e. The lowest BCUT2D eigenvalue weighted by molar-refractivity contribution is 0.0186. The second-order valence-electron chi connectivity index (χ2n) is 6.29. The summed E-state index contributed by atoms with van der Waals surface area (Å²) >= 11 is 1.79. The van der Waals surface area contributed by atoms with Crippen molar-refractivity contribution < 1.29 is 9.15 Å². The van der Waals surface area contributed by atoms with Gasteiger partial charge in [0.2, 0.25) is 0 Å². The van der Waals surface area contributed by atoms with Gasteiger partial charge in [0.25, 0.3) is 0 Å². The number of nitrogens with zero attached hydrogens (tertiary/aromatic N) is 2. The first-order chi connectivity index (χ1) is 13.4. The van der Waals surface area contributed by atoms with Crippen LogP contribution in [0.3, 0.4) is 0 Å². The Hall–Kier alpha value is -1.36. The standard InChI is InChI=1S/C20H28N4O2S.HI/c1-2-8-21-20(22-9-7-17-5-3-12-26-17)23-16-18(19-6-4-15-27-19)24-10-13-25-14-11-24;/h2-6,12,15,18H,1,7-11,13-14,16H2,(H2,21,22,23);1H. The normalized spacial score (nSPS) is 16.2. The summed E-state index contributed by atoms with van der Waals surface area (Å²) in [6.07, 6.45) is 4.36. The zero-order valence-electron chi connectivity index (χ0n) is 16.0. The maximum Gasteiger partial charge on any atom is 0.191 e. The zero-order valence-corrected chi connectivity index (χ0v) is 19.2.